The fourth-order valence-corrected chi connectivity index (χ4v) is 3.96. The highest BCUT2D eigenvalue weighted by Crippen LogP contribution is 2.35. The number of thiazole rings is 1. The summed E-state index contributed by atoms with van der Waals surface area (Å²) in [6.45, 7) is 3.69. The van der Waals surface area contributed by atoms with Gasteiger partial charge in [-0.2, -0.15) is 5.26 Å². The molecule has 2 aromatic heterocycles. The number of fused-ring (bicyclic) bond motifs is 1. The molecule has 0 saturated heterocycles. The maximum Gasteiger partial charge on any atom is 0.283 e. The zero-order valence-electron chi connectivity index (χ0n) is 15.4. The Morgan fingerprint density at radius 3 is 2.46 bits per heavy atom. The van der Waals surface area contributed by atoms with Gasteiger partial charge in [0.25, 0.3) is 5.91 Å². The van der Waals surface area contributed by atoms with Crippen molar-refractivity contribution in [3.05, 3.63) is 83.2 Å². The molecule has 0 N–H and O–H groups in total. The van der Waals surface area contributed by atoms with Gasteiger partial charge in [0.05, 0.1) is 27.2 Å². The Balaban J connectivity index is 1.88. The highest BCUT2D eigenvalue weighted by Gasteiger charge is 2.25. The molecule has 4 rings (SSSR count). The van der Waals surface area contributed by atoms with Gasteiger partial charge >= 0.3 is 0 Å². The molecular formula is C22H16N4OS. The summed E-state index contributed by atoms with van der Waals surface area (Å²) in [4.78, 5) is 24.1. The highest BCUT2D eigenvalue weighted by molar-refractivity contribution is 7.22. The zero-order chi connectivity index (χ0) is 19.7. The minimum atomic E-state index is -0.277. The van der Waals surface area contributed by atoms with Gasteiger partial charge < -0.3 is 0 Å². The van der Waals surface area contributed by atoms with Crippen molar-refractivity contribution in [2.45, 2.75) is 13.8 Å². The van der Waals surface area contributed by atoms with Crippen molar-refractivity contribution < 1.29 is 4.79 Å². The monoisotopic (exact) mass is 384 g/mol. The Labute approximate surface area is 166 Å². The molecule has 0 radical (unpaired) electrons. The number of carbonyl (C=O) groups excluding carboxylic acids is 1. The van der Waals surface area contributed by atoms with Crippen LogP contribution in [0, 0.1) is 25.2 Å². The van der Waals surface area contributed by atoms with E-state index in [1.54, 1.807) is 24.0 Å². The summed E-state index contributed by atoms with van der Waals surface area (Å²) >= 11 is 1.46. The molecule has 0 bridgehead atoms. The average molecular weight is 384 g/mol. The summed E-state index contributed by atoms with van der Waals surface area (Å²) in [6, 6.07) is 20.8. The number of anilines is 2. The van der Waals surface area contributed by atoms with Crippen LogP contribution in [-0.4, -0.2) is 15.9 Å². The van der Waals surface area contributed by atoms with Crippen molar-refractivity contribution in [2.24, 2.45) is 0 Å². The number of hydrogen-bond donors (Lipinski definition) is 0. The lowest BCUT2D eigenvalue weighted by Gasteiger charge is -2.21. The van der Waals surface area contributed by atoms with Gasteiger partial charge in [-0.15, -0.1) is 0 Å². The second-order valence-corrected chi connectivity index (χ2v) is 7.34. The van der Waals surface area contributed by atoms with Gasteiger partial charge in [-0.05, 0) is 49.7 Å². The van der Waals surface area contributed by atoms with E-state index < -0.39 is 0 Å². The van der Waals surface area contributed by atoms with Crippen LogP contribution in [-0.2, 0) is 0 Å². The normalized spacial score (nSPS) is 10.6. The molecular weight excluding hydrogens is 368 g/mol. The number of nitriles is 1. The Morgan fingerprint density at radius 2 is 1.75 bits per heavy atom. The molecule has 0 atom stereocenters. The van der Waals surface area contributed by atoms with E-state index in [9.17, 15) is 4.79 Å². The second kappa shape index (κ2) is 7.22. The minimum absolute atomic E-state index is 0.277. The molecule has 0 saturated carbocycles. The van der Waals surface area contributed by atoms with Crippen LogP contribution in [0.4, 0.5) is 10.8 Å². The third-order valence-electron chi connectivity index (χ3n) is 4.46. The smallest absolute Gasteiger partial charge is 0.266 e. The third-order valence-corrected chi connectivity index (χ3v) is 5.48. The van der Waals surface area contributed by atoms with Crippen LogP contribution < -0.4 is 4.90 Å². The first-order chi connectivity index (χ1) is 13.6. The Kier molecular flexibility index (Phi) is 4.60. The molecule has 0 aliphatic rings. The fraction of sp³-hybridized carbons (Fsp3) is 0.0909. The SMILES string of the molecule is Cc1ccccc1N(C(=O)c1ccc(C#N)c(C)n1)c1nc2ccccc2s1. The third kappa shape index (κ3) is 3.13. The molecule has 0 fully saturated rings. The van der Waals surface area contributed by atoms with Crippen molar-refractivity contribution in [1.29, 1.82) is 5.26 Å². The molecule has 2 aromatic carbocycles. The molecule has 4 aromatic rings. The van der Waals surface area contributed by atoms with Crippen LogP contribution in [0.15, 0.2) is 60.7 Å². The first-order valence-electron chi connectivity index (χ1n) is 8.72. The summed E-state index contributed by atoms with van der Waals surface area (Å²) < 4.78 is 1.01. The predicted molar refractivity (Wildman–Crippen MR) is 111 cm³/mol. The Hall–Kier alpha value is -3.56. The van der Waals surface area contributed by atoms with Crippen LogP contribution in [0.2, 0.25) is 0 Å². The summed E-state index contributed by atoms with van der Waals surface area (Å²) in [5.41, 5.74) is 3.83. The number of benzene rings is 2. The molecule has 0 unspecified atom stereocenters. The van der Waals surface area contributed by atoms with Gasteiger partial charge in [0.2, 0.25) is 0 Å². The van der Waals surface area contributed by atoms with Crippen molar-refractivity contribution in [3.8, 4) is 6.07 Å². The fourth-order valence-electron chi connectivity index (χ4n) is 2.98. The van der Waals surface area contributed by atoms with Crippen LogP contribution in [0.25, 0.3) is 10.2 Å². The van der Waals surface area contributed by atoms with Crippen molar-refractivity contribution in [1.82, 2.24) is 9.97 Å². The lowest BCUT2D eigenvalue weighted by molar-refractivity contribution is 0.0994. The maximum absolute atomic E-state index is 13.5. The minimum Gasteiger partial charge on any atom is -0.266 e. The quantitative estimate of drug-likeness (QED) is 0.489. The molecule has 0 spiro atoms. The topological polar surface area (TPSA) is 69.9 Å². The van der Waals surface area contributed by atoms with Crippen LogP contribution in [0.5, 0.6) is 0 Å². The molecule has 6 heteroatoms. The van der Waals surface area contributed by atoms with E-state index in [0.29, 0.717) is 16.4 Å². The van der Waals surface area contributed by atoms with E-state index in [1.165, 1.54) is 11.3 Å². The van der Waals surface area contributed by atoms with Gasteiger partial charge in [-0.3, -0.25) is 9.69 Å². The summed E-state index contributed by atoms with van der Waals surface area (Å²) in [5.74, 6) is -0.277. The van der Waals surface area contributed by atoms with E-state index in [-0.39, 0.29) is 11.6 Å². The van der Waals surface area contributed by atoms with Gasteiger partial charge in [-0.25, -0.2) is 9.97 Å². The molecule has 28 heavy (non-hydrogen) atoms. The van der Waals surface area contributed by atoms with Gasteiger partial charge in [-0.1, -0.05) is 41.7 Å². The molecule has 0 aliphatic heterocycles. The lowest BCUT2D eigenvalue weighted by atomic mass is 10.1. The number of aromatic nitrogens is 2. The highest BCUT2D eigenvalue weighted by atomic mass is 32.1. The number of para-hydroxylation sites is 2. The number of pyridine rings is 1. The number of aryl methyl sites for hydroxylation is 2. The van der Waals surface area contributed by atoms with E-state index >= 15 is 0 Å². The average Bonchev–Trinajstić information content (AvgIpc) is 3.13. The summed E-state index contributed by atoms with van der Waals surface area (Å²) in [5, 5.41) is 9.72. The van der Waals surface area contributed by atoms with Crippen LogP contribution in [0.1, 0.15) is 27.3 Å². The van der Waals surface area contributed by atoms with Gasteiger partial charge in [0, 0.05) is 0 Å². The molecule has 136 valence electrons. The molecule has 2 heterocycles. The largest absolute Gasteiger partial charge is 0.283 e. The molecule has 5 nitrogen and oxygen atoms in total. The predicted octanol–water partition coefficient (Wildman–Crippen LogP) is 5.16. The van der Waals surface area contributed by atoms with E-state index in [1.807, 2.05) is 55.5 Å². The van der Waals surface area contributed by atoms with Crippen molar-refractivity contribution in [2.75, 3.05) is 4.90 Å². The Morgan fingerprint density at radius 1 is 1.00 bits per heavy atom. The summed E-state index contributed by atoms with van der Waals surface area (Å²) in [7, 11) is 0. The van der Waals surface area contributed by atoms with Crippen molar-refractivity contribution in [3.63, 3.8) is 0 Å². The number of rotatable bonds is 3. The summed E-state index contributed by atoms with van der Waals surface area (Å²) in [6.07, 6.45) is 0. The standard InChI is InChI=1S/C22H16N4OS/c1-14-7-3-5-9-19(14)26(22-25-17-8-4-6-10-20(17)28-22)21(27)18-12-11-16(13-23)15(2)24-18/h3-12H,1-2H3. The van der Waals surface area contributed by atoms with Crippen LogP contribution in [0.3, 0.4) is 0 Å². The first-order valence-corrected chi connectivity index (χ1v) is 9.53. The second-order valence-electron chi connectivity index (χ2n) is 6.33. The van der Waals surface area contributed by atoms with Crippen LogP contribution >= 0.6 is 11.3 Å². The molecule has 0 aliphatic carbocycles. The lowest BCUT2D eigenvalue weighted by Crippen LogP contribution is -2.27. The van der Waals surface area contributed by atoms with Gasteiger partial charge in [0.15, 0.2) is 5.13 Å². The Bertz CT molecular complexity index is 1210. The van der Waals surface area contributed by atoms with Gasteiger partial charge in [0.1, 0.15) is 11.8 Å². The van der Waals surface area contributed by atoms with E-state index in [4.69, 9.17) is 5.26 Å². The number of amides is 1. The van der Waals surface area contributed by atoms with E-state index in [2.05, 4.69) is 16.0 Å². The molecule has 1 amide bonds. The number of carbonyl (C=O) groups is 1. The van der Waals surface area contributed by atoms with Crippen molar-refractivity contribution >= 4 is 38.3 Å². The van der Waals surface area contributed by atoms with E-state index in [0.717, 1.165) is 21.5 Å². The maximum atomic E-state index is 13.5. The number of hydrogen-bond acceptors (Lipinski definition) is 5. The zero-order valence-corrected chi connectivity index (χ0v) is 16.2. The first kappa shape index (κ1) is 17.8. The number of nitrogens with zero attached hydrogens (tertiary/aromatic N) is 4.